The van der Waals surface area contributed by atoms with Crippen molar-refractivity contribution in [2.75, 3.05) is 25.6 Å². The van der Waals surface area contributed by atoms with E-state index in [9.17, 15) is 0 Å². The van der Waals surface area contributed by atoms with Crippen LogP contribution in [0.15, 0.2) is 0 Å². The van der Waals surface area contributed by atoms with Crippen LogP contribution in [-0.2, 0) is 15.9 Å². The van der Waals surface area contributed by atoms with Crippen molar-refractivity contribution in [3.8, 4) is 0 Å². The molecule has 6 heteroatoms. The maximum atomic E-state index is 5.64. The van der Waals surface area contributed by atoms with Gasteiger partial charge < -0.3 is 15.2 Å². The fraction of sp³-hybridized carbons (Fsp3) is 0.700. The second-order valence-corrected chi connectivity index (χ2v) is 3.65. The summed E-state index contributed by atoms with van der Waals surface area (Å²) in [5, 5.41) is 0. The van der Waals surface area contributed by atoms with Gasteiger partial charge in [-0.05, 0) is 6.42 Å². The summed E-state index contributed by atoms with van der Waals surface area (Å²) in [5.74, 6) is 1.55. The molecule has 0 spiro atoms. The van der Waals surface area contributed by atoms with Gasteiger partial charge in [0.25, 0.3) is 0 Å². The van der Waals surface area contributed by atoms with Gasteiger partial charge in [0.2, 0.25) is 5.95 Å². The van der Waals surface area contributed by atoms with Crippen LogP contribution >= 0.6 is 0 Å². The lowest BCUT2D eigenvalue weighted by Gasteiger charge is -2.21. The maximum Gasteiger partial charge on any atom is 0.223 e. The third-order valence-corrected chi connectivity index (χ3v) is 2.29. The minimum atomic E-state index is -0.213. The Morgan fingerprint density at radius 1 is 1.31 bits per heavy atom. The summed E-state index contributed by atoms with van der Waals surface area (Å²) in [7, 11) is 0. The fourth-order valence-electron chi connectivity index (χ4n) is 1.57. The molecule has 88 valence electrons. The molecule has 1 aromatic rings. The van der Waals surface area contributed by atoms with Crippen molar-refractivity contribution in [3.63, 3.8) is 0 Å². The minimum absolute atomic E-state index is 0.213. The molecule has 0 radical (unpaired) electrons. The number of rotatable bonds is 3. The summed E-state index contributed by atoms with van der Waals surface area (Å²) in [5.41, 5.74) is 5.64. The van der Waals surface area contributed by atoms with Crippen LogP contribution in [0, 0.1) is 0 Å². The van der Waals surface area contributed by atoms with Gasteiger partial charge in [-0.15, -0.1) is 0 Å². The summed E-state index contributed by atoms with van der Waals surface area (Å²) in [6.45, 7) is 3.74. The second-order valence-electron chi connectivity index (χ2n) is 3.65. The predicted octanol–water partition coefficient (Wildman–Crippen LogP) is 0.494. The van der Waals surface area contributed by atoms with E-state index in [1.54, 1.807) is 0 Å². The number of hydrogen-bond acceptors (Lipinski definition) is 6. The zero-order valence-electron chi connectivity index (χ0n) is 9.35. The SMILES string of the molecule is CCCc1nc(N)nc(C2COCCO2)n1. The molecule has 1 unspecified atom stereocenters. The number of anilines is 1. The normalized spacial score (nSPS) is 20.9. The highest BCUT2D eigenvalue weighted by Gasteiger charge is 2.20. The van der Waals surface area contributed by atoms with Gasteiger partial charge in [0, 0.05) is 6.42 Å². The number of nitrogens with two attached hydrogens (primary N) is 1. The van der Waals surface area contributed by atoms with Gasteiger partial charge >= 0.3 is 0 Å². The molecule has 1 aliphatic heterocycles. The molecule has 6 nitrogen and oxygen atoms in total. The minimum Gasteiger partial charge on any atom is -0.376 e. The molecule has 0 aromatic carbocycles. The summed E-state index contributed by atoms with van der Waals surface area (Å²) >= 11 is 0. The van der Waals surface area contributed by atoms with Gasteiger partial charge in [-0.25, -0.2) is 4.98 Å². The summed E-state index contributed by atoms with van der Waals surface area (Å²) < 4.78 is 10.8. The number of ether oxygens (including phenoxy) is 2. The Morgan fingerprint density at radius 2 is 2.19 bits per heavy atom. The largest absolute Gasteiger partial charge is 0.376 e. The molecule has 1 aromatic heterocycles. The average molecular weight is 224 g/mol. The second kappa shape index (κ2) is 5.18. The average Bonchev–Trinajstić information content (AvgIpc) is 2.30. The van der Waals surface area contributed by atoms with Crippen molar-refractivity contribution in [2.45, 2.75) is 25.9 Å². The van der Waals surface area contributed by atoms with Gasteiger partial charge in [-0.1, -0.05) is 6.92 Å². The summed E-state index contributed by atoms with van der Waals surface area (Å²) in [4.78, 5) is 12.5. The Bertz CT molecular complexity index is 353. The van der Waals surface area contributed by atoms with E-state index in [1.807, 2.05) is 0 Å². The summed E-state index contributed by atoms with van der Waals surface area (Å²) in [6.07, 6.45) is 1.56. The zero-order chi connectivity index (χ0) is 11.4. The fourth-order valence-corrected chi connectivity index (χ4v) is 1.57. The molecule has 0 aliphatic carbocycles. The van der Waals surface area contributed by atoms with E-state index in [0.29, 0.717) is 25.6 Å². The van der Waals surface area contributed by atoms with Crippen LogP contribution in [0.1, 0.15) is 31.1 Å². The highest BCUT2D eigenvalue weighted by Crippen LogP contribution is 2.17. The van der Waals surface area contributed by atoms with Crippen LogP contribution in [0.3, 0.4) is 0 Å². The molecular weight excluding hydrogens is 208 g/mol. The van der Waals surface area contributed by atoms with E-state index in [0.717, 1.165) is 18.7 Å². The van der Waals surface area contributed by atoms with E-state index in [1.165, 1.54) is 0 Å². The molecule has 1 atom stereocenters. The quantitative estimate of drug-likeness (QED) is 0.804. The lowest BCUT2D eigenvalue weighted by atomic mass is 10.3. The molecule has 1 saturated heterocycles. The van der Waals surface area contributed by atoms with Crippen LogP contribution < -0.4 is 5.73 Å². The van der Waals surface area contributed by atoms with Crippen molar-refractivity contribution in [1.82, 2.24) is 15.0 Å². The number of nitrogen functional groups attached to an aromatic ring is 1. The van der Waals surface area contributed by atoms with E-state index in [4.69, 9.17) is 15.2 Å². The number of hydrogen-bond donors (Lipinski definition) is 1. The van der Waals surface area contributed by atoms with E-state index >= 15 is 0 Å². The molecule has 0 saturated carbocycles. The van der Waals surface area contributed by atoms with Crippen molar-refractivity contribution >= 4 is 5.95 Å². The molecule has 0 amide bonds. The Balaban J connectivity index is 2.18. The molecule has 2 rings (SSSR count). The van der Waals surface area contributed by atoms with E-state index in [2.05, 4.69) is 21.9 Å². The first-order chi connectivity index (χ1) is 7.79. The standard InChI is InChI=1S/C10H16N4O2/c1-2-3-8-12-9(14-10(11)13-8)7-6-15-4-5-16-7/h7H,2-6H2,1H3,(H2,11,12,13,14). The Hall–Kier alpha value is -1.27. The van der Waals surface area contributed by atoms with Crippen LogP contribution in [-0.4, -0.2) is 34.8 Å². The Morgan fingerprint density at radius 3 is 2.88 bits per heavy atom. The van der Waals surface area contributed by atoms with E-state index in [-0.39, 0.29) is 12.1 Å². The Kier molecular flexibility index (Phi) is 3.63. The van der Waals surface area contributed by atoms with Crippen LogP contribution in [0.2, 0.25) is 0 Å². The zero-order valence-corrected chi connectivity index (χ0v) is 9.35. The molecule has 2 N–H and O–H groups in total. The molecule has 2 heterocycles. The molecule has 1 aliphatic rings. The van der Waals surface area contributed by atoms with Crippen LogP contribution in [0.25, 0.3) is 0 Å². The number of nitrogens with zero attached hydrogens (tertiary/aromatic N) is 3. The van der Waals surface area contributed by atoms with Crippen molar-refractivity contribution in [2.24, 2.45) is 0 Å². The first kappa shape index (κ1) is 11.2. The summed E-state index contributed by atoms with van der Waals surface area (Å²) in [6, 6.07) is 0. The number of aromatic nitrogens is 3. The van der Waals surface area contributed by atoms with Crippen molar-refractivity contribution in [3.05, 3.63) is 11.6 Å². The maximum absolute atomic E-state index is 5.64. The monoisotopic (exact) mass is 224 g/mol. The first-order valence-electron chi connectivity index (χ1n) is 5.49. The van der Waals surface area contributed by atoms with E-state index < -0.39 is 0 Å². The van der Waals surface area contributed by atoms with Gasteiger partial charge in [0.15, 0.2) is 5.82 Å². The van der Waals surface area contributed by atoms with Gasteiger partial charge in [0.05, 0.1) is 19.8 Å². The first-order valence-corrected chi connectivity index (χ1v) is 5.49. The van der Waals surface area contributed by atoms with Gasteiger partial charge in [0.1, 0.15) is 11.9 Å². The number of aryl methyl sites for hydroxylation is 1. The predicted molar refractivity (Wildman–Crippen MR) is 57.7 cm³/mol. The highest BCUT2D eigenvalue weighted by molar-refractivity contribution is 5.17. The Labute approximate surface area is 94.2 Å². The highest BCUT2D eigenvalue weighted by atomic mass is 16.6. The van der Waals surface area contributed by atoms with Crippen LogP contribution in [0.4, 0.5) is 5.95 Å². The van der Waals surface area contributed by atoms with Crippen molar-refractivity contribution in [1.29, 1.82) is 0 Å². The van der Waals surface area contributed by atoms with Gasteiger partial charge in [-0.2, -0.15) is 9.97 Å². The van der Waals surface area contributed by atoms with Gasteiger partial charge in [-0.3, -0.25) is 0 Å². The third kappa shape index (κ3) is 2.65. The topological polar surface area (TPSA) is 83.2 Å². The molecule has 1 fully saturated rings. The molecule has 0 bridgehead atoms. The molecular formula is C10H16N4O2. The lowest BCUT2D eigenvalue weighted by Crippen LogP contribution is -2.24. The third-order valence-electron chi connectivity index (χ3n) is 2.29. The van der Waals surface area contributed by atoms with Crippen LogP contribution in [0.5, 0.6) is 0 Å². The lowest BCUT2D eigenvalue weighted by molar-refractivity contribution is -0.0936. The molecule has 16 heavy (non-hydrogen) atoms. The van der Waals surface area contributed by atoms with Crippen molar-refractivity contribution < 1.29 is 9.47 Å². The smallest absolute Gasteiger partial charge is 0.223 e.